The van der Waals surface area contributed by atoms with Gasteiger partial charge in [-0.2, -0.15) is 0 Å². The van der Waals surface area contributed by atoms with Crippen LogP contribution in [0.5, 0.6) is 0 Å². The molecule has 1 saturated heterocycles. The number of rotatable bonds is 5. The maximum absolute atomic E-state index is 11.3. The van der Waals surface area contributed by atoms with Crippen molar-refractivity contribution >= 4 is 33.4 Å². The van der Waals surface area contributed by atoms with Crippen LogP contribution in [0.3, 0.4) is 0 Å². The van der Waals surface area contributed by atoms with Crippen LogP contribution in [-0.2, 0) is 16.0 Å². The number of allylic oxidation sites excluding steroid dienone is 1. The molecule has 0 unspecified atom stereocenters. The first kappa shape index (κ1) is 28.6. The maximum Gasteiger partial charge on any atom is 0.224 e. The fraction of sp³-hybridized carbons (Fsp3) is 0.273. The zero-order chi connectivity index (χ0) is 27.3. The van der Waals surface area contributed by atoms with Gasteiger partial charge < -0.3 is 16.8 Å². The van der Waals surface area contributed by atoms with Crippen molar-refractivity contribution in [3.63, 3.8) is 0 Å². The van der Waals surface area contributed by atoms with Gasteiger partial charge in [-0.1, -0.05) is 103 Å². The summed E-state index contributed by atoms with van der Waals surface area (Å²) >= 11 is 0. The number of fused-ring (bicyclic) bond motifs is 2. The van der Waals surface area contributed by atoms with Crippen LogP contribution in [0.1, 0.15) is 30.9 Å². The predicted molar refractivity (Wildman–Crippen MR) is 159 cm³/mol. The SMILES string of the molecule is C/C=C/[C@H](Cc1ccc2ccccc2c1)C(N)=O.Cc1ccc2ccccc2c1.NC(=O)C1CCNCC1. The Kier molecular flexibility index (Phi) is 11.1. The summed E-state index contributed by atoms with van der Waals surface area (Å²) in [5.41, 5.74) is 13.0. The molecule has 0 aliphatic carbocycles. The van der Waals surface area contributed by atoms with E-state index < -0.39 is 0 Å². The number of amides is 2. The van der Waals surface area contributed by atoms with E-state index in [4.69, 9.17) is 11.5 Å². The van der Waals surface area contributed by atoms with Crippen LogP contribution < -0.4 is 16.8 Å². The normalized spacial score (nSPS) is 14.3. The molecular formula is C33H39N3O2. The average Bonchev–Trinajstić information content (AvgIpc) is 2.94. The highest BCUT2D eigenvalue weighted by Crippen LogP contribution is 2.18. The Hall–Kier alpha value is -3.96. The molecule has 4 aromatic carbocycles. The molecule has 1 heterocycles. The minimum absolute atomic E-state index is 0.131. The lowest BCUT2D eigenvalue weighted by atomic mass is 9.96. The van der Waals surface area contributed by atoms with Gasteiger partial charge in [-0.25, -0.2) is 0 Å². The van der Waals surface area contributed by atoms with E-state index >= 15 is 0 Å². The third-order valence-electron chi connectivity index (χ3n) is 6.71. The van der Waals surface area contributed by atoms with Crippen molar-refractivity contribution in [2.45, 2.75) is 33.1 Å². The molecule has 0 aromatic heterocycles. The molecule has 2 amide bonds. The molecule has 5 rings (SSSR count). The standard InChI is InChI=1S/C16H17NO.C11H10.C6H12N2O/c1-2-5-15(16(17)18)11-12-8-9-13-6-3-4-7-14(13)10-12;1-9-6-7-10-4-2-3-5-11(10)8-9;7-6(9)5-1-3-8-4-2-5/h2-10,15H,11H2,1H3,(H2,17,18);2-8H,1H3;5,8H,1-4H2,(H2,7,9)/b5-2+;;/t15-;;/m1../s1. The second-order valence-corrected chi connectivity index (χ2v) is 9.70. The number of hydrogen-bond donors (Lipinski definition) is 3. The first-order chi connectivity index (χ1) is 18.4. The fourth-order valence-corrected chi connectivity index (χ4v) is 4.53. The number of nitrogens with one attached hydrogen (secondary N) is 1. The number of hydrogen-bond acceptors (Lipinski definition) is 3. The van der Waals surface area contributed by atoms with E-state index in [0.29, 0.717) is 6.42 Å². The third kappa shape index (κ3) is 8.86. The van der Waals surface area contributed by atoms with Crippen LogP contribution in [-0.4, -0.2) is 24.9 Å². The van der Waals surface area contributed by atoms with E-state index in [2.05, 4.69) is 85.0 Å². The Bertz CT molecular complexity index is 1370. The molecule has 1 aliphatic heterocycles. The third-order valence-corrected chi connectivity index (χ3v) is 6.71. The summed E-state index contributed by atoms with van der Waals surface area (Å²) in [4.78, 5) is 21.9. The highest BCUT2D eigenvalue weighted by molar-refractivity contribution is 5.84. The zero-order valence-electron chi connectivity index (χ0n) is 22.4. The molecule has 0 spiro atoms. The minimum Gasteiger partial charge on any atom is -0.369 e. The zero-order valence-corrected chi connectivity index (χ0v) is 22.4. The summed E-state index contributed by atoms with van der Waals surface area (Å²) in [6.07, 6.45) is 6.21. The van der Waals surface area contributed by atoms with Crippen LogP contribution in [0.4, 0.5) is 0 Å². The second-order valence-electron chi connectivity index (χ2n) is 9.70. The van der Waals surface area contributed by atoms with Gasteiger partial charge in [-0.05, 0) is 73.3 Å². The highest BCUT2D eigenvalue weighted by Gasteiger charge is 2.17. The number of aryl methyl sites for hydroxylation is 1. The number of benzene rings is 4. The van der Waals surface area contributed by atoms with Gasteiger partial charge in [0.15, 0.2) is 0 Å². The fourth-order valence-electron chi connectivity index (χ4n) is 4.53. The average molecular weight is 510 g/mol. The maximum atomic E-state index is 11.3. The number of primary amides is 2. The lowest BCUT2D eigenvalue weighted by Gasteiger charge is -2.18. The van der Waals surface area contributed by atoms with Gasteiger partial charge in [-0.15, -0.1) is 0 Å². The molecule has 1 aliphatic rings. The summed E-state index contributed by atoms with van der Waals surface area (Å²) < 4.78 is 0. The number of piperidine rings is 1. The lowest BCUT2D eigenvalue weighted by Crippen LogP contribution is -2.34. The molecule has 5 heteroatoms. The van der Waals surface area contributed by atoms with Crippen molar-refractivity contribution < 1.29 is 9.59 Å². The molecule has 5 nitrogen and oxygen atoms in total. The van der Waals surface area contributed by atoms with E-state index in [9.17, 15) is 9.59 Å². The van der Waals surface area contributed by atoms with Crippen molar-refractivity contribution in [1.82, 2.24) is 5.32 Å². The van der Waals surface area contributed by atoms with Gasteiger partial charge >= 0.3 is 0 Å². The van der Waals surface area contributed by atoms with E-state index in [1.54, 1.807) is 0 Å². The van der Waals surface area contributed by atoms with Crippen LogP contribution in [0, 0.1) is 18.8 Å². The Morgan fingerprint density at radius 2 is 1.39 bits per heavy atom. The molecule has 1 fully saturated rings. The van der Waals surface area contributed by atoms with Crippen molar-refractivity contribution in [2.75, 3.05) is 13.1 Å². The van der Waals surface area contributed by atoms with E-state index in [-0.39, 0.29) is 23.7 Å². The number of carbonyl (C=O) groups is 2. The molecule has 5 N–H and O–H groups in total. The Morgan fingerprint density at radius 3 is 1.92 bits per heavy atom. The minimum atomic E-state index is -0.277. The van der Waals surface area contributed by atoms with Gasteiger partial charge in [0.2, 0.25) is 11.8 Å². The molecule has 0 saturated carbocycles. The monoisotopic (exact) mass is 509 g/mol. The second kappa shape index (κ2) is 14.7. The van der Waals surface area contributed by atoms with Crippen molar-refractivity contribution in [2.24, 2.45) is 23.3 Å². The summed E-state index contributed by atoms with van der Waals surface area (Å²) in [5.74, 6) is -0.514. The summed E-state index contributed by atoms with van der Waals surface area (Å²) in [7, 11) is 0. The van der Waals surface area contributed by atoms with Crippen LogP contribution in [0.25, 0.3) is 21.5 Å². The smallest absolute Gasteiger partial charge is 0.224 e. The first-order valence-electron chi connectivity index (χ1n) is 13.2. The van der Waals surface area contributed by atoms with E-state index in [1.807, 2.05) is 31.2 Å². The molecule has 1 atom stereocenters. The molecule has 38 heavy (non-hydrogen) atoms. The summed E-state index contributed by atoms with van der Waals surface area (Å²) in [5, 5.41) is 8.21. The molecule has 0 radical (unpaired) electrons. The van der Waals surface area contributed by atoms with Crippen LogP contribution in [0.15, 0.2) is 97.1 Å². The summed E-state index contributed by atoms with van der Waals surface area (Å²) in [6, 6.07) is 29.4. The topological polar surface area (TPSA) is 98.2 Å². The quantitative estimate of drug-likeness (QED) is 0.302. The number of carbonyl (C=O) groups excluding carboxylic acids is 2. The van der Waals surface area contributed by atoms with Crippen LogP contribution in [0.2, 0.25) is 0 Å². The molecular weight excluding hydrogens is 470 g/mol. The lowest BCUT2D eigenvalue weighted by molar-refractivity contribution is -0.122. The van der Waals surface area contributed by atoms with Crippen molar-refractivity contribution in [3.8, 4) is 0 Å². The Morgan fingerprint density at radius 1 is 0.842 bits per heavy atom. The van der Waals surface area contributed by atoms with E-state index in [1.165, 1.54) is 27.1 Å². The van der Waals surface area contributed by atoms with Crippen molar-refractivity contribution in [1.29, 1.82) is 0 Å². The highest BCUT2D eigenvalue weighted by atomic mass is 16.1. The largest absolute Gasteiger partial charge is 0.369 e. The number of nitrogens with two attached hydrogens (primary N) is 2. The summed E-state index contributed by atoms with van der Waals surface area (Å²) in [6.45, 7) is 5.89. The van der Waals surface area contributed by atoms with Crippen molar-refractivity contribution in [3.05, 3.63) is 108 Å². The van der Waals surface area contributed by atoms with Gasteiger partial charge in [0, 0.05) is 5.92 Å². The van der Waals surface area contributed by atoms with E-state index in [0.717, 1.165) is 31.5 Å². The Balaban J connectivity index is 0.000000170. The van der Waals surface area contributed by atoms with Gasteiger partial charge in [0.05, 0.1) is 5.92 Å². The molecule has 0 bridgehead atoms. The molecule has 4 aromatic rings. The van der Waals surface area contributed by atoms with Gasteiger partial charge in [0.1, 0.15) is 0 Å². The van der Waals surface area contributed by atoms with Gasteiger partial charge in [0.25, 0.3) is 0 Å². The van der Waals surface area contributed by atoms with Crippen LogP contribution >= 0.6 is 0 Å². The molecule has 198 valence electrons. The van der Waals surface area contributed by atoms with Gasteiger partial charge in [-0.3, -0.25) is 9.59 Å². The predicted octanol–water partition coefficient (Wildman–Crippen LogP) is 5.68. The first-order valence-corrected chi connectivity index (χ1v) is 13.2. The Labute approximate surface area is 225 Å².